The Balaban J connectivity index is 2.18. The van der Waals surface area contributed by atoms with Gasteiger partial charge in [0.15, 0.2) is 11.5 Å². The maximum absolute atomic E-state index is 12.5. The number of carboxylic acid groups (broad SMARTS) is 1. The van der Waals surface area contributed by atoms with E-state index in [4.69, 9.17) is 21.1 Å². The molecule has 0 fully saturated rings. The molecule has 0 saturated carbocycles. The number of anilines is 1. The van der Waals surface area contributed by atoms with E-state index < -0.39 is 22.4 Å². The Morgan fingerprint density at radius 1 is 1.33 bits per heavy atom. The van der Waals surface area contributed by atoms with E-state index in [0.717, 1.165) is 5.56 Å². The number of hydrogen-bond acceptors (Lipinski definition) is 6. The lowest BCUT2D eigenvalue weighted by Gasteiger charge is -2.22. The van der Waals surface area contributed by atoms with E-state index in [1.807, 2.05) is 6.07 Å². The molecular weight excluding hydrogens is 392 g/mol. The fourth-order valence-electron chi connectivity index (χ4n) is 2.91. The molecule has 0 saturated heterocycles. The van der Waals surface area contributed by atoms with Gasteiger partial charge in [-0.2, -0.15) is 0 Å². The molecule has 1 aromatic heterocycles. The number of carbonyl (C=O) groups excluding carboxylic acids is 1. The Labute approximate surface area is 165 Å². The number of fused-ring (bicyclic) bond motifs is 1. The number of halogens is 1. The summed E-state index contributed by atoms with van der Waals surface area (Å²) in [6.07, 6.45) is 1.11. The van der Waals surface area contributed by atoms with Crippen molar-refractivity contribution in [1.82, 2.24) is 4.98 Å². The van der Waals surface area contributed by atoms with Crippen molar-refractivity contribution >= 4 is 41.1 Å². The van der Waals surface area contributed by atoms with Crippen LogP contribution < -0.4 is 14.8 Å². The minimum absolute atomic E-state index is 0.318. The van der Waals surface area contributed by atoms with Crippen LogP contribution in [-0.2, 0) is 9.59 Å². The van der Waals surface area contributed by atoms with Crippen molar-refractivity contribution in [1.29, 1.82) is 0 Å². The van der Waals surface area contributed by atoms with Crippen LogP contribution in [0.15, 0.2) is 30.5 Å². The van der Waals surface area contributed by atoms with Gasteiger partial charge >= 0.3 is 5.97 Å². The van der Waals surface area contributed by atoms with Gasteiger partial charge in [-0.3, -0.25) is 9.59 Å². The molecule has 2 N–H and O–H groups in total. The quantitative estimate of drug-likeness (QED) is 0.782. The number of amides is 1. The van der Waals surface area contributed by atoms with Crippen molar-refractivity contribution in [2.45, 2.75) is 16.9 Å². The molecular formula is C18H17ClN2O5S. The third kappa shape index (κ3) is 3.96. The van der Waals surface area contributed by atoms with Crippen LogP contribution in [0, 0.1) is 0 Å². The van der Waals surface area contributed by atoms with Crippen molar-refractivity contribution in [2.75, 3.05) is 19.5 Å². The highest BCUT2D eigenvalue weighted by molar-refractivity contribution is 8.01. The minimum Gasteiger partial charge on any atom is -0.493 e. The first-order valence-corrected chi connectivity index (χ1v) is 9.31. The number of nitrogens with zero attached hydrogens (tertiary/aromatic N) is 1. The SMILES string of the molecule is COc1cccc([C@@H]2S[C@@H](CC(=O)O)C(=O)Nc3ncc(Cl)cc32)c1OC. The Morgan fingerprint density at radius 2 is 2.11 bits per heavy atom. The molecule has 3 rings (SSSR count). The second-order valence-electron chi connectivity index (χ2n) is 5.77. The second-order valence-corrected chi connectivity index (χ2v) is 7.52. The van der Waals surface area contributed by atoms with Crippen molar-refractivity contribution in [3.63, 3.8) is 0 Å². The van der Waals surface area contributed by atoms with Crippen molar-refractivity contribution < 1.29 is 24.2 Å². The highest BCUT2D eigenvalue weighted by Crippen LogP contribution is 2.49. The number of methoxy groups -OCH3 is 2. The first-order chi connectivity index (χ1) is 12.9. The molecule has 27 heavy (non-hydrogen) atoms. The van der Waals surface area contributed by atoms with Crippen LogP contribution in [0.5, 0.6) is 11.5 Å². The van der Waals surface area contributed by atoms with Gasteiger partial charge in [-0.05, 0) is 12.1 Å². The molecule has 0 unspecified atom stereocenters. The van der Waals surface area contributed by atoms with Gasteiger partial charge in [0.25, 0.3) is 0 Å². The van der Waals surface area contributed by atoms with E-state index in [1.165, 1.54) is 32.2 Å². The van der Waals surface area contributed by atoms with E-state index in [9.17, 15) is 14.7 Å². The maximum atomic E-state index is 12.5. The smallest absolute Gasteiger partial charge is 0.305 e. The fraction of sp³-hybridized carbons (Fsp3) is 0.278. The molecule has 1 amide bonds. The third-order valence-electron chi connectivity index (χ3n) is 4.08. The number of aliphatic carboxylic acids is 1. The molecule has 142 valence electrons. The molecule has 1 aliphatic heterocycles. The lowest BCUT2D eigenvalue weighted by Crippen LogP contribution is -2.26. The second kappa shape index (κ2) is 8.06. The first kappa shape index (κ1) is 19.3. The van der Waals surface area contributed by atoms with E-state index in [0.29, 0.717) is 27.9 Å². The number of carbonyl (C=O) groups is 2. The molecule has 1 aromatic carbocycles. The summed E-state index contributed by atoms with van der Waals surface area (Å²) >= 11 is 7.35. The average molecular weight is 409 g/mol. The number of pyridine rings is 1. The number of ether oxygens (including phenoxy) is 2. The summed E-state index contributed by atoms with van der Waals surface area (Å²) in [7, 11) is 3.06. The number of aromatic nitrogens is 1. The van der Waals surface area contributed by atoms with Gasteiger partial charge in [0.2, 0.25) is 5.91 Å². The number of thioether (sulfide) groups is 1. The molecule has 0 bridgehead atoms. The first-order valence-electron chi connectivity index (χ1n) is 7.99. The molecule has 0 radical (unpaired) electrons. The predicted molar refractivity (Wildman–Crippen MR) is 103 cm³/mol. The number of rotatable bonds is 5. The molecule has 2 aromatic rings. The van der Waals surface area contributed by atoms with Crippen molar-refractivity contribution in [2.24, 2.45) is 0 Å². The average Bonchev–Trinajstić information content (AvgIpc) is 2.77. The lowest BCUT2D eigenvalue weighted by molar-refractivity contribution is -0.138. The Morgan fingerprint density at radius 3 is 2.78 bits per heavy atom. The zero-order valence-corrected chi connectivity index (χ0v) is 16.1. The normalized spacial score (nSPS) is 18.9. The highest BCUT2D eigenvalue weighted by atomic mass is 35.5. The van der Waals surface area contributed by atoms with Crippen molar-refractivity contribution in [3.8, 4) is 11.5 Å². The Kier molecular flexibility index (Phi) is 5.76. The van der Waals surface area contributed by atoms with Gasteiger partial charge < -0.3 is 19.9 Å². The van der Waals surface area contributed by atoms with Crippen LogP contribution in [0.3, 0.4) is 0 Å². The molecule has 2 heterocycles. The summed E-state index contributed by atoms with van der Waals surface area (Å²) in [5, 5.41) is 11.1. The largest absolute Gasteiger partial charge is 0.493 e. The zero-order chi connectivity index (χ0) is 19.6. The summed E-state index contributed by atoms with van der Waals surface area (Å²) in [4.78, 5) is 28.0. The molecule has 1 aliphatic rings. The summed E-state index contributed by atoms with van der Waals surface area (Å²) < 4.78 is 10.9. The van der Waals surface area contributed by atoms with Gasteiger partial charge in [0.1, 0.15) is 5.82 Å². The number of carboxylic acids is 1. The van der Waals surface area contributed by atoms with Gasteiger partial charge in [-0.1, -0.05) is 23.7 Å². The molecule has 2 atom stereocenters. The summed E-state index contributed by atoms with van der Waals surface area (Å²) in [6, 6.07) is 7.13. The molecule has 0 aliphatic carbocycles. The number of benzene rings is 1. The standard InChI is InChI=1S/C18H17ClN2O5S/c1-25-12-5-3-4-10(15(12)26-2)16-11-6-9(19)8-20-17(11)21-18(24)13(27-16)7-14(22)23/h3-6,8,13,16H,7H2,1-2H3,(H,22,23)(H,20,21,24)/t13-,16-/m0/s1. The van der Waals surface area contributed by atoms with Crippen LogP contribution in [-0.4, -0.2) is 41.4 Å². The Hall–Kier alpha value is -2.45. The fourth-order valence-corrected chi connectivity index (χ4v) is 4.49. The predicted octanol–water partition coefficient (Wildman–Crippen LogP) is 3.37. The molecule has 7 nitrogen and oxygen atoms in total. The van der Waals surface area contributed by atoms with Gasteiger partial charge in [0, 0.05) is 17.3 Å². The lowest BCUT2D eigenvalue weighted by atomic mass is 10.0. The number of hydrogen-bond donors (Lipinski definition) is 2. The number of nitrogens with one attached hydrogen (secondary N) is 1. The molecule has 9 heteroatoms. The van der Waals surface area contributed by atoms with E-state index in [1.54, 1.807) is 18.2 Å². The van der Waals surface area contributed by atoms with Crippen LogP contribution in [0.25, 0.3) is 0 Å². The summed E-state index contributed by atoms with van der Waals surface area (Å²) in [5.41, 5.74) is 1.40. The Bertz CT molecular complexity index is 892. The maximum Gasteiger partial charge on any atom is 0.305 e. The van der Waals surface area contributed by atoms with Gasteiger partial charge in [0.05, 0.1) is 36.2 Å². The summed E-state index contributed by atoms with van der Waals surface area (Å²) in [6.45, 7) is 0. The topological polar surface area (TPSA) is 97.8 Å². The minimum atomic E-state index is -1.06. The monoisotopic (exact) mass is 408 g/mol. The van der Waals surface area contributed by atoms with Crippen LogP contribution in [0.4, 0.5) is 5.82 Å². The van der Waals surface area contributed by atoms with Crippen LogP contribution in [0.1, 0.15) is 22.8 Å². The van der Waals surface area contributed by atoms with E-state index in [-0.39, 0.29) is 6.42 Å². The van der Waals surface area contributed by atoms with Gasteiger partial charge in [-0.15, -0.1) is 11.8 Å². The molecule has 0 spiro atoms. The van der Waals surface area contributed by atoms with E-state index in [2.05, 4.69) is 10.3 Å². The van der Waals surface area contributed by atoms with Crippen LogP contribution in [0.2, 0.25) is 5.02 Å². The number of para-hydroxylation sites is 1. The highest BCUT2D eigenvalue weighted by Gasteiger charge is 2.35. The van der Waals surface area contributed by atoms with Crippen molar-refractivity contribution in [3.05, 3.63) is 46.6 Å². The van der Waals surface area contributed by atoms with E-state index >= 15 is 0 Å². The summed E-state index contributed by atoms with van der Waals surface area (Å²) in [5.74, 6) is -0.0873. The third-order valence-corrected chi connectivity index (χ3v) is 5.77. The zero-order valence-electron chi connectivity index (χ0n) is 14.6. The van der Waals surface area contributed by atoms with Crippen LogP contribution >= 0.6 is 23.4 Å². The van der Waals surface area contributed by atoms with Gasteiger partial charge in [-0.25, -0.2) is 4.98 Å².